The number of nitrogens with one attached hydrogen (secondary N) is 2. The van der Waals surface area contributed by atoms with Crippen LogP contribution >= 0.6 is 23.2 Å². The summed E-state index contributed by atoms with van der Waals surface area (Å²) >= 11 is 12.3. The van der Waals surface area contributed by atoms with Gasteiger partial charge >= 0.3 is 0 Å². The molecule has 0 bridgehead atoms. The second kappa shape index (κ2) is 6.40. The highest BCUT2D eigenvalue weighted by molar-refractivity contribution is 6.45. The van der Waals surface area contributed by atoms with E-state index in [0.717, 1.165) is 23.9 Å². The minimum Gasteiger partial charge on any atom is -0.347 e. The van der Waals surface area contributed by atoms with E-state index in [9.17, 15) is 10.1 Å². The van der Waals surface area contributed by atoms with E-state index >= 15 is 0 Å². The molecule has 1 aliphatic heterocycles. The number of benzene rings is 1. The molecule has 1 fully saturated rings. The molecule has 0 saturated carbocycles. The standard InChI is InChI=1S/C16H16Cl2N4O/c1-22-13-3-2-11(17)15(18)10(13)6-14(22)16(23)21-12-4-5-20-8-9(12)7-19/h2-3,6,9,12,20H,4-5,8H2,1H3,(H,21,23). The van der Waals surface area contributed by atoms with Gasteiger partial charge in [-0.15, -0.1) is 0 Å². The van der Waals surface area contributed by atoms with Crippen LogP contribution in [0.15, 0.2) is 18.2 Å². The monoisotopic (exact) mass is 350 g/mol. The number of piperidine rings is 1. The van der Waals surface area contributed by atoms with E-state index < -0.39 is 0 Å². The fraction of sp³-hybridized carbons (Fsp3) is 0.375. The average molecular weight is 351 g/mol. The molecule has 1 aromatic heterocycles. The second-order valence-electron chi connectivity index (χ2n) is 5.69. The van der Waals surface area contributed by atoms with Gasteiger partial charge in [-0.05, 0) is 31.2 Å². The van der Waals surface area contributed by atoms with Crippen molar-refractivity contribution in [1.29, 1.82) is 5.26 Å². The number of hydrogen-bond donors (Lipinski definition) is 2. The Labute approximate surface area is 144 Å². The molecule has 0 radical (unpaired) electrons. The van der Waals surface area contributed by atoms with E-state index in [1.165, 1.54) is 0 Å². The van der Waals surface area contributed by atoms with Gasteiger partial charge in [-0.25, -0.2) is 0 Å². The molecule has 2 unspecified atom stereocenters. The summed E-state index contributed by atoms with van der Waals surface area (Å²) < 4.78 is 1.79. The van der Waals surface area contributed by atoms with Crippen molar-refractivity contribution in [1.82, 2.24) is 15.2 Å². The van der Waals surface area contributed by atoms with Gasteiger partial charge in [0.05, 0.1) is 22.0 Å². The molecule has 0 spiro atoms. The van der Waals surface area contributed by atoms with Crippen LogP contribution in [0.2, 0.25) is 10.0 Å². The lowest BCUT2D eigenvalue weighted by atomic mass is 9.94. The molecular weight excluding hydrogens is 335 g/mol. The Morgan fingerprint density at radius 1 is 1.48 bits per heavy atom. The first kappa shape index (κ1) is 16.1. The summed E-state index contributed by atoms with van der Waals surface area (Å²) in [6, 6.07) is 7.39. The van der Waals surface area contributed by atoms with Crippen molar-refractivity contribution < 1.29 is 4.79 Å². The number of nitriles is 1. The molecule has 23 heavy (non-hydrogen) atoms. The maximum Gasteiger partial charge on any atom is 0.268 e. The molecule has 1 aromatic carbocycles. The summed E-state index contributed by atoms with van der Waals surface area (Å²) in [4.78, 5) is 12.6. The van der Waals surface area contributed by atoms with Crippen molar-refractivity contribution >= 4 is 40.0 Å². The van der Waals surface area contributed by atoms with E-state index in [0.29, 0.717) is 22.3 Å². The first-order valence-electron chi connectivity index (χ1n) is 7.37. The fourth-order valence-electron chi connectivity index (χ4n) is 2.98. The van der Waals surface area contributed by atoms with Crippen LogP contribution in [-0.2, 0) is 7.05 Å². The number of nitrogens with zero attached hydrogens (tertiary/aromatic N) is 2. The third-order valence-electron chi connectivity index (χ3n) is 4.31. The molecule has 7 heteroatoms. The number of aryl methyl sites for hydroxylation is 1. The van der Waals surface area contributed by atoms with E-state index in [4.69, 9.17) is 23.2 Å². The number of hydrogen-bond acceptors (Lipinski definition) is 3. The predicted molar refractivity (Wildman–Crippen MR) is 90.8 cm³/mol. The van der Waals surface area contributed by atoms with Crippen LogP contribution in [0.3, 0.4) is 0 Å². The molecule has 1 amide bonds. The van der Waals surface area contributed by atoms with Gasteiger partial charge in [0.2, 0.25) is 0 Å². The maximum atomic E-state index is 12.6. The Morgan fingerprint density at radius 3 is 3.00 bits per heavy atom. The SMILES string of the molecule is Cn1c(C(=O)NC2CCNCC2C#N)cc2c(Cl)c(Cl)ccc21. The topological polar surface area (TPSA) is 69.8 Å². The number of rotatable bonds is 2. The summed E-state index contributed by atoms with van der Waals surface area (Å²) in [5.41, 5.74) is 1.34. The van der Waals surface area contributed by atoms with E-state index in [1.807, 2.05) is 13.1 Å². The highest BCUT2D eigenvalue weighted by Gasteiger charge is 2.27. The van der Waals surface area contributed by atoms with Gasteiger partial charge in [-0.1, -0.05) is 23.2 Å². The Kier molecular flexibility index (Phi) is 4.49. The summed E-state index contributed by atoms with van der Waals surface area (Å²) in [7, 11) is 1.81. The van der Waals surface area contributed by atoms with E-state index in [2.05, 4.69) is 16.7 Å². The number of carbonyl (C=O) groups is 1. The van der Waals surface area contributed by atoms with Crippen LogP contribution in [0.5, 0.6) is 0 Å². The van der Waals surface area contributed by atoms with Gasteiger partial charge in [-0.3, -0.25) is 4.79 Å². The van der Waals surface area contributed by atoms with Crippen LogP contribution in [0.1, 0.15) is 16.9 Å². The smallest absolute Gasteiger partial charge is 0.268 e. The quantitative estimate of drug-likeness (QED) is 0.874. The van der Waals surface area contributed by atoms with Crippen molar-refractivity contribution in [3.8, 4) is 6.07 Å². The average Bonchev–Trinajstić information content (AvgIpc) is 2.89. The third kappa shape index (κ3) is 2.90. The molecule has 2 heterocycles. The number of fused-ring (bicyclic) bond motifs is 1. The van der Waals surface area contributed by atoms with Crippen molar-refractivity contribution in [2.24, 2.45) is 13.0 Å². The molecule has 3 rings (SSSR count). The Hall–Kier alpha value is -1.74. The zero-order chi connectivity index (χ0) is 16.6. The Morgan fingerprint density at radius 2 is 2.26 bits per heavy atom. The summed E-state index contributed by atoms with van der Waals surface area (Å²) in [5, 5.41) is 17.0. The Balaban J connectivity index is 1.91. The van der Waals surface area contributed by atoms with Crippen LogP contribution in [-0.4, -0.2) is 29.6 Å². The minimum atomic E-state index is -0.222. The lowest BCUT2D eigenvalue weighted by molar-refractivity contribution is 0.0912. The normalized spacial score (nSPS) is 21.1. The van der Waals surface area contributed by atoms with Gasteiger partial charge in [-0.2, -0.15) is 5.26 Å². The molecular formula is C16H16Cl2N4O. The van der Waals surface area contributed by atoms with E-state index in [1.54, 1.807) is 16.7 Å². The molecule has 120 valence electrons. The summed E-state index contributed by atoms with van der Waals surface area (Å²) in [5.74, 6) is -0.427. The Bertz CT molecular complexity index is 808. The van der Waals surface area contributed by atoms with Gasteiger partial charge in [0.25, 0.3) is 5.91 Å². The summed E-state index contributed by atoms with van der Waals surface area (Å²) in [6.07, 6.45) is 0.737. The fourth-order valence-corrected chi connectivity index (χ4v) is 3.36. The zero-order valence-electron chi connectivity index (χ0n) is 12.6. The molecule has 1 aliphatic rings. The lowest BCUT2D eigenvalue weighted by Crippen LogP contribution is -2.49. The molecule has 2 N–H and O–H groups in total. The van der Waals surface area contributed by atoms with Gasteiger partial charge in [0.1, 0.15) is 5.69 Å². The predicted octanol–water partition coefficient (Wildman–Crippen LogP) is 2.72. The molecule has 1 saturated heterocycles. The lowest BCUT2D eigenvalue weighted by Gasteiger charge is -2.28. The van der Waals surface area contributed by atoms with Gasteiger partial charge < -0.3 is 15.2 Å². The molecule has 2 aromatic rings. The zero-order valence-corrected chi connectivity index (χ0v) is 14.1. The van der Waals surface area contributed by atoms with Crippen molar-refractivity contribution in [2.75, 3.05) is 13.1 Å². The molecule has 5 nitrogen and oxygen atoms in total. The largest absolute Gasteiger partial charge is 0.347 e. The van der Waals surface area contributed by atoms with Crippen molar-refractivity contribution in [3.05, 3.63) is 33.9 Å². The summed E-state index contributed by atoms with van der Waals surface area (Å²) in [6.45, 7) is 1.39. The third-order valence-corrected chi connectivity index (χ3v) is 5.13. The first-order chi connectivity index (χ1) is 11.0. The number of carbonyl (C=O) groups excluding carboxylic acids is 1. The molecule has 2 atom stereocenters. The van der Waals surface area contributed by atoms with Crippen LogP contribution < -0.4 is 10.6 Å². The number of aromatic nitrogens is 1. The first-order valence-corrected chi connectivity index (χ1v) is 8.13. The van der Waals surface area contributed by atoms with Gasteiger partial charge in [0.15, 0.2) is 0 Å². The number of amides is 1. The van der Waals surface area contributed by atoms with Crippen molar-refractivity contribution in [2.45, 2.75) is 12.5 Å². The highest BCUT2D eigenvalue weighted by atomic mass is 35.5. The maximum absolute atomic E-state index is 12.6. The minimum absolute atomic E-state index is 0.147. The van der Waals surface area contributed by atoms with Crippen LogP contribution in [0.4, 0.5) is 0 Å². The van der Waals surface area contributed by atoms with E-state index in [-0.39, 0.29) is 17.9 Å². The van der Waals surface area contributed by atoms with Crippen LogP contribution in [0.25, 0.3) is 10.9 Å². The van der Waals surface area contributed by atoms with Gasteiger partial charge in [0, 0.05) is 30.5 Å². The van der Waals surface area contributed by atoms with Crippen molar-refractivity contribution in [3.63, 3.8) is 0 Å². The highest BCUT2D eigenvalue weighted by Crippen LogP contribution is 2.32. The van der Waals surface area contributed by atoms with Crippen LogP contribution in [0, 0.1) is 17.2 Å². The number of halogens is 2. The second-order valence-corrected chi connectivity index (χ2v) is 6.48. The molecule has 0 aliphatic carbocycles.